The first kappa shape index (κ1) is 12.2. The molecule has 1 heterocycles. The second-order valence-corrected chi connectivity index (χ2v) is 6.46. The quantitative estimate of drug-likeness (QED) is 0.868. The Bertz CT molecular complexity index is 399. The van der Waals surface area contributed by atoms with Crippen molar-refractivity contribution in [3.63, 3.8) is 0 Å². The van der Waals surface area contributed by atoms with Crippen molar-refractivity contribution < 1.29 is 4.42 Å². The highest BCUT2D eigenvalue weighted by atomic mass is 16.4. The van der Waals surface area contributed by atoms with Crippen LogP contribution in [-0.2, 0) is 6.54 Å². The van der Waals surface area contributed by atoms with Gasteiger partial charge in [0.2, 0.25) is 5.89 Å². The minimum Gasteiger partial charge on any atom is -0.444 e. The molecule has 0 aliphatic heterocycles. The van der Waals surface area contributed by atoms with Crippen molar-refractivity contribution >= 4 is 0 Å². The normalized spacial score (nSPS) is 30.5. The summed E-state index contributed by atoms with van der Waals surface area (Å²) < 4.78 is 5.93. The van der Waals surface area contributed by atoms with Crippen molar-refractivity contribution in [2.75, 3.05) is 6.54 Å². The molecule has 3 rings (SSSR count). The molecule has 2 fully saturated rings. The number of nitrogens with one attached hydrogen (secondary N) is 1. The third kappa shape index (κ3) is 2.46. The molecule has 0 amide bonds. The predicted octanol–water partition coefficient (Wildman–Crippen LogP) is 3.32. The molecule has 18 heavy (non-hydrogen) atoms. The topological polar surface area (TPSA) is 38.1 Å². The molecular weight excluding hydrogens is 224 g/mol. The molecule has 100 valence electrons. The Morgan fingerprint density at radius 2 is 2.28 bits per heavy atom. The molecule has 0 aromatic carbocycles. The fourth-order valence-electron chi connectivity index (χ4n) is 3.64. The summed E-state index contributed by atoms with van der Waals surface area (Å²) in [7, 11) is 0. The lowest BCUT2D eigenvalue weighted by molar-refractivity contribution is 0.339. The fraction of sp³-hybridized carbons (Fsp3) is 0.800. The molecule has 1 aromatic rings. The van der Waals surface area contributed by atoms with Crippen molar-refractivity contribution in [1.29, 1.82) is 0 Å². The second-order valence-electron chi connectivity index (χ2n) is 6.46. The molecule has 3 nitrogen and oxygen atoms in total. The molecule has 1 N–H and O–H groups in total. The van der Waals surface area contributed by atoms with Gasteiger partial charge in [-0.1, -0.05) is 20.3 Å². The van der Waals surface area contributed by atoms with E-state index >= 15 is 0 Å². The Labute approximate surface area is 109 Å². The first-order valence-electron chi connectivity index (χ1n) is 7.37. The SMILES string of the molecule is CC(C)CNCc1ncc(C2CC3CCC2C3)o1. The summed E-state index contributed by atoms with van der Waals surface area (Å²) in [5.74, 6) is 5.17. The van der Waals surface area contributed by atoms with E-state index in [1.54, 1.807) is 0 Å². The summed E-state index contributed by atoms with van der Waals surface area (Å²) in [6, 6.07) is 0. The molecule has 2 saturated carbocycles. The van der Waals surface area contributed by atoms with Gasteiger partial charge in [0.25, 0.3) is 0 Å². The lowest BCUT2D eigenvalue weighted by Crippen LogP contribution is -2.19. The van der Waals surface area contributed by atoms with Crippen LogP contribution in [0.25, 0.3) is 0 Å². The Morgan fingerprint density at radius 1 is 1.39 bits per heavy atom. The van der Waals surface area contributed by atoms with Gasteiger partial charge < -0.3 is 9.73 Å². The Morgan fingerprint density at radius 3 is 2.94 bits per heavy atom. The van der Waals surface area contributed by atoms with Crippen LogP contribution in [0.5, 0.6) is 0 Å². The van der Waals surface area contributed by atoms with Crippen LogP contribution >= 0.6 is 0 Å². The Balaban J connectivity index is 1.56. The summed E-state index contributed by atoms with van der Waals surface area (Å²) in [5, 5.41) is 3.38. The Hall–Kier alpha value is -0.830. The number of hydrogen-bond acceptors (Lipinski definition) is 3. The minimum atomic E-state index is 0.662. The third-order valence-corrected chi connectivity index (χ3v) is 4.50. The van der Waals surface area contributed by atoms with Gasteiger partial charge in [0.15, 0.2) is 0 Å². The summed E-state index contributed by atoms with van der Waals surface area (Å²) in [5.41, 5.74) is 0. The molecule has 0 radical (unpaired) electrons. The van der Waals surface area contributed by atoms with Crippen molar-refractivity contribution in [3.05, 3.63) is 17.8 Å². The number of fused-ring (bicyclic) bond motifs is 2. The first-order chi connectivity index (χ1) is 8.72. The maximum atomic E-state index is 5.93. The number of aromatic nitrogens is 1. The maximum Gasteiger partial charge on any atom is 0.208 e. The van der Waals surface area contributed by atoms with Crippen LogP contribution in [0.2, 0.25) is 0 Å². The molecule has 3 unspecified atom stereocenters. The van der Waals surface area contributed by atoms with Gasteiger partial charge in [0, 0.05) is 5.92 Å². The zero-order valence-corrected chi connectivity index (χ0v) is 11.5. The average molecular weight is 248 g/mol. The van der Waals surface area contributed by atoms with Gasteiger partial charge >= 0.3 is 0 Å². The van der Waals surface area contributed by atoms with E-state index in [0.29, 0.717) is 11.8 Å². The van der Waals surface area contributed by atoms with E-state index in [0.717, 1.165) is 36.6 Å². The summed E-state index contributed by atoms with van der Waals surface area (Å²) >= 11 is 0. The minimum absolute atomic E-state index is 0.662. The number of rotatable bonds is 5. The maximum absolute atomic E-state index is 5.93. The van der Waals surface area contributed by atoms with Gasteiger partial charge in [0.05, 0.1) is 12.7 Å². The zero-order valence-electron chi connectivity index (χ0n) is 11.5. The second kappa shape index (κ2) is 5.04. The highest BCUT2D eigenvalue weighted by molar-refractivity contribution is 5.10. The van der Waals surface area contributed by atoms with Crippen LogP contribution in [0.15, 0.2) is 10.6 Å². The van der Waals surface area contributed by atoms with E-state index in [-0.39, 0.29) is 0 Å². The van der Waals surface area contributed by atoms with Crippen molar-refractivity contribution in [3.8, 4) is 0 Å². The van der Waals surface area contributed by atoms with Crippen LogP contribution in [0, 0.1) is 17.8 Å². The van der Waals surface area contributed by atoms with E-state index in [9.17, 15) is 0 Å². The van der Waals surface area contributed by atoms with Crippen LogP contribution in [0.1, 0.15) is 57.1 Å². The van der Waals surface area contributed by atoms with Crippen LogP contribution < -0.4 is 5.32 Å². The standard InChI is InChI=1S/C15H24N2O/c1-10(2)7-16-9-15-17-8-14(18-15)13-6-11-3-4-12(13)5-11/h8,10-13,16H,3-7,9H2,1-2H3. The Kier molecular flexibility index (Phi) is 3.42. The van der Waals surface area contributed by atoms with E-state index in [4.69, 9.17) is 4.42 Å². The van der Waals surface area contributed by atoms with Gasteiger partial charge in [0.1, 0.15) is 5.76 Å². The largest absolute Gasteiger partial charge is 0.444 e. The van der Waals surface area contributed by atoms with Crippen molar-refractivity contribution in [2.24, 2.45) is 17.8 Å². The van der Waals surface area contributed by atoms with E-state index in [2.05, 4.69) is 24.1 Å². The molecule has 0 saturated heterocycles. The van der Waals surface area contributed by atoms with Gasteiger partial charge in [-0.2, -0.15) is 0 Å². The zero-order chi connectivity index (χ0) is 12.5. The lowest BCUT2D eigenvalue weighted by atomic mass is 9.87. The molecule has 2 bridgehead atoms. The molecule has 0 spiro atoms. The average Bonchev–Trinajstić information content (AvgIpc) is 3.03. The van der Waals surface area contributed by atoms with Gasteiger partial charge in [-0.15, -0.1) is 0 Å². The van der Waals surface area contributed by atoms with Crippen LogP contribution in [0.3, 0.4) is 0 Å². The van der Waals surface area contributed by atoms with E-state index in [1.807, 2.05) is 6.20 Å². The molecular formula is C15H24N2O. The van der Waals surface area contributed by atoms with Gasteiger partial charge in [-0.05, 0) is 43.6 Å². The fourth-order valence-corrected chi connectivity index (χ4v) is 3.64. The van der Waals surface area contributed by atoms with E-state index in [1.165, 1.54) is 25.7 Å². The number of hydrogen-bond donors (Lipinski definition) is 1. The first-order valence-corrected chi connectivity index (χ1v) is 7.37. The highest BCUT2D eigenvalue weighted by Gasteiger charge is 2.41. The lowest BCUT2D eigenvalue weighted by Gasteiger charge is -2.18. The predicted molar refractivity (Wildman–Crippen MR) is 71.2 cm³/mol. The number of oxazole rings is 1. The smallest absolute Gasteiger partial charge is 0.208 e. The summed E-state index contributed by atoms with van der Waals surface area (Å²) in [6.07, 6.45) is 7.57. The van der Waals surface area contributed by atoms with Gasteiger partial charge in [-0.25, -0.2) is 4.98 Å². The van der Waals surface area contributed by atoms with Crippen LogP contribution in [0.4, 0.5) is 0 Å². The van der Waals surface area contributed by atoms with Gasteiger partial charge in [-0.3, -0.25) is 0 Å². The van der Waals surface area contributed by atoms with Crippen LogP contribution in [-0.4, -0.2) is 11.5 Å². The summed E-state index contributed by atoms with van der Waals surface area (Å²) in [6.45, 7) is 6.21. The van der Waals surface area contributed by atoms with E-state index < -0.39 is 0 Å². The highest BCUT2D eigenvalue weighted by Crippen LogP contribution is 2.52. The molecule has 3 heteroatoms. The molecule has 2 aliphatic carbocycles. The molecule has 1 aromatic heterocycles. The van der Waals surface area contributed by atoms with Crippen molar-refractivity contribution in [1.82, 2.24) is 10.3 Å². The molecule has 3 atom stereocenters. The summed E-state index contributed by atoms with van der Waals surface area (Å²) in [4.78, 5) is 4.41. The monoisotopic (exact) mass is 248 g/mol. The third-order valence-electron chi connectivity index (χ3n) is 4.50. The van der Waals surface area contributed by atoms with Crippen molar-refractivity contribution in [2.45, 2.75) is 52.0 Å². The molecule has 2 aliphatic rings. The number of nitrogens with zero attached hydrogens (tertiary/aromatic N) is 1.